The molecular formula is C12H15N3S2. The number of aromatic nitrogens is 1. The van der Waals surface area contributed by atoms with Crippen LogP contribution in [0.5, 0.6) is 0 Å². The lowest BCUT2D eigenvalue weighted by molar-refractivity contribution is 0.814. The Balaban J connectivity index is 1.94. The van der Waals surface area contributed by atoms with E-state index in [9.17, 15) is 0 Å². The van der Waals surface area contributed by atoms with Gasteiger partial charge in [0.2, 0.25) is 0 Å². The van der Waals surface area contributed by atoms with E-state index in [1.807, 2.05) is 24.8 Å². The Labute approximate surface area is 109 Å². The van der Waals surface area contributed by atoms with Gasteiger partial charge in [0, 0.05) is 11.8 Å². The zero-order chi connectivity index (χ0) is 11.8. The summed E-state index contributed by atoms with van der Waals surface area (Å²) in [7, 11) is 0. The molecule has 0 saturated carbocycles. The van der Waals surface area contributed by atoms with Crippen molar-refractivity contribution in [3.8, 4) is 0 Å². The number of thiazole rings is 1. The van der Waals surface area contributed by atoms with E-state index >= 15 is 0 Å². The van der Waals surface area contributed by atoms with Gasteiger partial charge in [-0.2, -0.15) is 11.8 Å². The Bertz CT molecular complexity index is 544. The van der Waals surface area contributed by atoms with Gasteiger partial charge in [-0.3, -0.25) is 0 Å². The fourth-order valence-electron chi connectivity index (χ4n) is 2.10. The number of nitrogens with zero attached hydrogens (tertiary/aromatic N) is 1. The molecule has 1 fully saturated rings. The fourth-order valence-corrected chi connectivity index (χ4v) is 4.11. The normalized spacial score (nSPS) is 19.9. The highest BCUT2D eigenvalue weighted by Crippen LogP contribution is 2.31. The van der Waals surface area contributed by atoms with Crippen molar-refractivity contribution in [3.05, 3.63) is 17.1 Å². The van der Waals surface area contributed by atoms with E-state index in [1.165, 1.54) is 22.6 Å². The summed E-state index contributed by atoms with van der Waals surface area (Å²) < 4.78 is 1.17. The summed E-state index contributed by atoms with van der Waals surface area (Å²) in [5.74, 6) is 2.42. The smallest absolute Gasteiger partial charge is 0.0907 e. The van der Waals surface area contributed by atoms with Crippen LogP contribution in [0.4, 0.5) is 11.4 Å². The minimum atomic E-state index is 0.555. The molecule has 0 spiro atoms. The Morgan fingerprint density at radius 3 is 3.12 bits per heavy atom. The van der Waals surface area contributed by atoms with Crippen molar-refractivity contribution in [2.45, 2.75) is 19.4 Å². The van der Waals surface area contributed by atoms with Crippen LogP contribution in [0, 0.1) is 6.92 Å². The number of anilines is 2. The van der Waals surface area contributed by atoms with Gasteiger partial charge in [0.1, 0.15) is 0 Å². The molecule has 1 aliphatic heterocycles. The predicted octanol–water partition coefficient (Wildman–Crippen LogP) is 3.10. The maximum absolute atomic E-state index is 6.08. The van der Waals surface area contributed by atoms with Gasteiger partial charge in [0.25, 0.3) is 0 Å². The van der Waals surface area contributed by atoms with E-state index in [0.29, 0.717) is 6.04 Å². The second kappa shape index (κ2) is 4.38. The number of aryl methyl sites for hydroxylation is 1. The number of hydrogen-bond acceptors (Lipinski definition) is 5. The van der Waals surface area contributed by atoms with E-state index in [-0.39, 0.29) is 0 Å². The molecular weight excluding hydrogens is 250 g/mol. The average Bonchev–Trinajstić information content (AvgIpc) is 2.87. The Morgan fingerprint density at radius 1 is 1.47 bits per heavy atom. The predicted molar refractivity (Wildman–Crippen MR) is 78.1 cm³/mol. The molecule has 0 aliphatic carbocycles. The number of fused-ring (bicyclic) bond motifs is 1. The lowest BCUT2D eigenvalue weighted by Gasteiger charge is -2.14. The molecule has 3 rings (SSSR count). The monoisotopic (exact) mass is 265 g/mol. The molecule has 0 amide bonds. The van der Waals surface area contributed by atoms with Crippen LogP contribution in [0.3, 0.4) is 0 Å². The zero-order valence-corrected chi connectivity index (χ0v) is 11.3. The van der Waals surface area contributed by atoms with Gasteiger partial charge >= 0.3 is 0 Å². The Kier molecular flexibility index (Phi) is 2.88. The standard InChI is InChI=1S/C12H15N3S2/c1-7-14-11-5-10(9(13)4-12(11)17-7)15-8-2-3-16-6-8/h4-5,8,15H,2-3,6,13H2,1H3. The first-order valence-corrected chi connectivity index (χ1v) is 7.70. The molecule has 0 bridgehead atoms. The number of nitrogens with two attached hydrogens (primary N) is 1. The maximum atomic E-state index is 6.08. The molecule has 2 heterocycles. The summed E-state index contributed by atoms with van der Waals surface area (Å²) in [6.07, 6.45) is 1.22. The molecule has 1 aromatic heterocycles. The van der Waals surface area contributed by atoms with Gasteiger partial charge in [-0.15, -0.1) is 11.3 Å². The van der Waals surface area contributed by atoms with Crippen molar-refractivity contribution in [1.29, 1.82) is 0 Å². The largest absolute Gasteiger partial charge is 0.397 e. The first kappa shape index (κ1) is 11.2. The van der Waals surface area contributed by atoms with E-state index in [0.717, 1.165) is 21.9 Å². The lowest BCUT2D eigenvalue weighted by atomic mass is 10.2. The number of rotatable bonds is 2. The molecule has 1 saturated heterocycles. The topological polar surface area (TPSA) is 50.9 Å². The Hall–Kier alpha value is -0.940. The average molecular weight is 265 g/mol. The molecule has 2 aromatic rings. The SMILES string of the molecule is Cc1nc2cc(NC3CCSC3)c(N)cc2s1. The van der Waals surface area contributed by atoms with E-state index in [2.05, 4.69) is 16.4 Å². The molecule has 17 heavy (non-hydrogen) atoms. The molecule has 1 aliphatic rings. The summed E-state index contributed by atoms with van der Waals surface area (Å²) in [6, 6.07) is 4.67. The van der Waals surface area contributed by atoms with Crippen molar-refractivity contribution < 1.29 is 0 Å². The summed E-state index contributed by atoms with van der Waals surface area (Å²) in [6.45, 7) is 2.03. The first-order valence-electron chi connectivity index (χ1n) is 5.73. The van der Waals surface area contributed by atoms with Gasteiger partial charge in [0.05, 0.1) is 26.6 Å². The van der Waals surface area contributed by atoms with Crippen molar-refractivity contribution >= 4 is 44.7 Å². The second-order valence-electron chi connectivity index (χ2n) is 4.34. The molecule has 3 nitrogen and oxygen atoms in total. The highest BCUT2D eigenvalue weighted by atomic mass is 32.2. The number of thioether (sulfide) groups is 1. The number of benzene rings is 1. The van der Waals surface area contributed by atoms with Crippen LogP contribution in [-0.2, 0) is 0 Å². The van der Waals surface area contributed by atoms with E-state index < -0.39 is 0 Å². The van der Waals surface area contributed by atoms with Crippen molar-refractivity contribution in [1.82, 2.24) is 4.98 Å². The summed E-state index contributed by atoms with van der Waals surface area (Å²) in [4.78, 5) is 4.51. The van der Waals surface area contributed by atoms with Crippen LogP contribution in [-0.4, -0.2) is 22.5 Å². The second-order valence-corrected chi connectivity index (χ2v) is 6.73. The molecule has 1 unspecified atom stereocenters. The molecule has 90 valence electrons. The van der Waals surface area contributed by atoms with Crippen LogP contribution >= 0.6 is 23.1 Å². The molecule has 1 atom stereocenters. The molecule has 5 heteroatoms. The van der Waals surface area contributed by atoms with Crippen molar-refractivity contribution in [3.63, 3.8) is 0 Å². The third-order valence-electron chi connectivity index (χ3n) is 2.96. The summed E-state index contributed by atoms with van der Waals surface area (Å²) in [5, 5.41) is 4.62. The molecule has 0 radical (unpaired) electrons. The minimum Gasteiger partial charge on any atom is -0.397 e. The number of nitrogen functional groups attached to an aromatic ring is 1. The first-order chi connectivity index (χ1) is 8.22. The van der Waals surface area contributed by atoms with Crippen LogP contribution in [0.2, 0.25) is 0 Å². The minimum absolute atomic E-state index is 0.555. The summed E-state index contributed by atoms with van der Waals surface area (Å²) >= 11 is 3.69. The van der Waals surface area contributed by atoms with Crippen molar-refractivity contribution in [2.24, 2.45) is 0 Å². The highest BCUT2D eigenvalue weighted by Gasteiger charge is 2.16. The number of hydrogen-bond donors (Lipinski definition) is 2. The van der Waals surface area contributed by atoms with Crippen LogP contribution in [0.1, 0.15) is 11.4 Å². The third-order valence-corrected chi connectivity index (χ3v) is 5.05. The summed E-state index contributed by atoms with van der Waals surface area (Å²) in [5.41, 5.74) is 9.00. The maximum Gasteiger partial charge on any atom is 0.0907 e. The molecule has 3 N–H and O–H groups in total. The van der Waals surface area contributed by atoms with Crippen LogP contribution in [0.25, 0.3) is 10.2 Å². The zero-order valence-electron chi connectivity index (χ0n) is 9.69. The van der Waals surface area contributed by atoms with E-state index in [4.69, 9.17) is 5.73 Å². The van der Waals surface area contributed by atoms with Gasteiger partial charge in [-0.25, -0.2) is 4.98 Å². The van der Waals surface area contributed by atoms with Gasteiger partial charge in [-0.1, -0.05) is 0 Å². The van der Waals surface area contributed by atoms with Gasteiger partial charge in [0.15, 0.2) is 0 Å². The van der Waals surface area contributed by atoms with E-state index in [1.54, 1.807) is 11.3 Å². The fraction of sp³-hybridized carbons (Fsp3) is 0.417. The van der Waals surface area contributed by atoms with Crippen LogP contribution in [0.15, 0.2) is 12.1 Å². The molecule has 1 aromatic carbocycles. The highest BCUT2D eigenvalue weighted by molar-refractivity contribution is 7.99. The lowest BCUT2D eigenvalue weighted by Crippen LogP contribution is -2.18. The van der Waals surface area contributed by atoms with Gasteiger partial charge in [-0.05, 0) is 31.2 Å². The Morgan fingerprint density at radius 2 is 2.35 bits per heavy atom. The quantitative estimate of drug-likeness (QED) is 0.819. The number of nitrogens with one attached hydrogen (secondary N) is 1. The van der Waals surface area contributed by atoms with Crippen LogP contribution < -0.4 is 11.1 Å². The van der Waals surface area contributed by atoms with Gasteiger partial charge < -0.3 is 11.1 Å². The van der Waals surface area contributed by atoms with Crippen molar-refractivity contribution in [2.75, 3.05) is 22.6 Å². The third kappa shape index (κ3) is 2.21.